The lowest BCUT2D eigenvalue weighted by Crippen LogP contribution is -2.31. The van der Waals surface area contributed by atoms with E-state index in [4.69, 9.17) is 0 Å². The molecule has 0 aromatic carbocycles. The molecule has 0 spiro atoms. The fourth-order valence-electron chi connectivity index (χ4n) is 0.406. The third-order valence-electron chi connectivity index (χ3n) is 0.765. The first-order chi connectivity index (χ1) is 4.92. The quantitative estimate of drug-likeness (QED) is 0.330. The molecule has 0 amide bonds. The Hall–Kier alpha value is 0.150. The first-order valence-corrected chi connectivity index (χ1v) is 5.58. The molecule has 0 saturated heterocycles. The van der Waals surface area contributed by atoms with E-state index in [0.717, 1.165) is 6.26 Å². The molecular formula is C4H10N2O2S3. The zero-order valence-electron chi connectivity index (χ0n) is 5.99. The van der Waals surface area contributed by atoms with Gasteiger partial charge in [0.05, 0.1) is 6.26 Å². The first-order valence-electron chi connectivity index (χ1n) is 2.83. The minimum absolute atomic E-state index is 0.319. The summed E-state index contributed by atoms with van der Waals surface area (Å²) in [5.41, 5.74) is 0. The molecule has 7 heteroatoms. The molecule has 0 saturated carbocycles. The van der Waals surface area contributed by atoms with Gasteiger partial charge in [-0.3, -0.25) is 0 Å². The topological polar surface area (TPSA) is 58.2 Å². The van der Waals surface area contributed by atoms with Crippen molar-refractivity contribution < 1.29 is 8.42 Å². The zero-order chi connectivity index (χ0) is 8.91. The van der Waals surface area contributed by atoms with Gasteiger partial charge in [-0.25, -0.2) is 13.1 Å². The van der Waals surface area contributed by atoms with Crippen molar-refractivity contribution in [3.63, 3.8) is 0 Å². The number of nitrogens with one attached hydrogen (secondary N) is 2. The summed E-state index contributed by atoms with van der Waals surface area (Å²) in [6.07, 6.45) is 1.10. The molecule has 0 aliphatic heterocycles. The van der Waals surface area contributed by atoms with Crippen LogP contribution < -0.4 is 10.0 Å². The molecule has 0 heterocycles. The summed E-state index contributed by atoms with van der Waals surface area (Å²) in [7, 11) is -3.08. The van der Waals surface area contributed by atoms with Gasteiger partial charge in [0.1, 0.15) is 4.32 Å². The highest BCUT2D eigenvalue weighted by molar-refractivity contribution is 8.11. The highest BCUT2D eigenvalue weighted by Gasteiger charge is 1.97. The van der Waals surface area contributed by atoms with Gasteiger partial charge >= 0.3 is 0 Å². The molecule has 0 radical (unpaired) electrons. The largest absolute Gasteiger partial charge is 0.370 e. The second-order valence-corrected chi connectivity index (χ2v) is 4.89. The molecule has 0 fully saturated rings. The number of sulfonamides is 1. The van der Waals surface area contributed by atoms with E-state index in [-0.39, 0.29) is 0 Å². The molecular weight excluding hydrogens is 204 g/mol. The summed E-state index contributed by atoms with van der Waals surface area (Å²) < 4.78 is 23.6. The summed E-state index contributed by atoms with van der Waals surface area (Å²) in [5, 5.41) is 2.69. The van der Waals surface area contributed by atoms with E-state index in [2.05, 4.69) is 34.9 Å². The molecule has 0 aromatic heterocycles. The van der Waals surface area contributed by atoms with Crippen molar-refractivity contribution >= 4 is 39.2 Å². The fraction of sp³-hybridized carbons (Fsp3) is 0.750. The van der Waals surface area contributed by atoms with Crippen LogP contribution in [-0.2, 0) is 10.0 Å². The smallest absolute Gasteiger partial charge is 0.208 e. The number of hydrogen-bond donors (Lipinski definition) is 3. The van der Waals surface area contributed by atoms with Gasteiger partial charge in [-0.1, -0.05) is 12.2 Å². The maximum atomic E-state index is 10.5. The predicted molar refractivity (Wildman–Crippen MR) is 52.4 cm³/mol. The monoisotopic (exact) mass is 214 g/mol. The van der Waals surface area contributed by atoms with Gasteiger partial charge in [-0.15, -0.1) is 12.6 Å². The molecule has 0 aromatic rings. The van der Waals surface area contributed by atoms with E-state index in [1.807, 2.05) is 0 Å². The maximum absolute atomic E-state index is 10.5. The molecule has 0 bridgehead atoms. The third-order valence-corrected chi connectivity index (χ3v) is 1.80. The number of rotatable bonds is 4. The van der Waals surface area contributed by atoms with Crippen LogP contribution in [0.5, 0.6) is 0 Å². The minimum Gasteiger partial charge on any atom is -0.370 e. The lowest BCUT2D eigenvalue weighted by atomic mass is 10.7. The van der Waals surface area contributed by atoms with Gasteiger partial charge in [0, 0.05) is 13.1 Å². The zero-order valence-corrected chi connectivity index (χ0v) is 8.52. The van der Waals surface area contributed by atoms with E-state index >= 15 is 0 Å². The highest BCUT2D eigenvalue weighted by atomic mass is 32.2. The number of thiol groups is 1. The van der Waals surface area contributed by atoms with Crippen LogP contribution in [0.15, 0.2) is 0 Å². The summed E-state index contributed by atoms with van der Waals surface area (Å²) in [5.74, 6) is 0. The number of hydrogen-bond acceptors (Lipinski definition) is 3. The second kappa shape index (κ2) is 4.91. The molecule has 0 aliphatic carbocycles. The van der Waals surface area contributed by atoms with Crippen LogP contribution in [0.2, 0.25) is 0 Å². The second-order valence-electron chi connectivity index (χ2n) is 1.90. The van der Waals surface area contributed by atoms with Crippen molar-refractivity contribution in [3.8, 4) is 0 Å². The van der Waals surface area contributed by atoms with E-state index < -0.39 is 10.0 Å². The molecule has 11 heavy (non-hydrogen) atoms. The van der Waals surface area contributed by atoms with Gasteiger partial charge in [0.25, 0.3) is 0 Å². The Morgan fingerprint density at radius 3 is 2.45 bits per heavy atom. The van der Waals surface area contributed by atoms with Gasteiger partial charge in [-0.2, -0.15) is 0 Å². The Labute approximate surface area is 77.2 Å². The average molecular weight is 214 g/mol. The fourth-order valence-corrected chi connectivity index (χ4v) is 1.09. The Balaban J connectivity index is 3.37. The predicted octanol–water partition coefficient (Wildman–Crippen LogP) is -0.660. The molecule has 66 valence electrons. The summed E-state index contributed by atoms with van der Waals surface area (Å²) >= 11 is 8.36. The van der Waals surface area contributed by atoms with Crippen LogP contribution in [-0.4, -0.2) is 32.1 Å². The van der Waals surface area contributed by atoms with Gasteiger partial charge in [0.2, 0.25) is 10.0 Å². The molecule has 0 unspecified atom stereocenters. The Bertz CT molecular complexity index is 223. The normalized spacial score (nSPS) is 11.1. The Morgan fingerprint density at radius 2 is 2.09 bits per heavy atom. The first kappa shape index (κ1) is 11.2. The minimum atomic E-state index is -3.08. The van der Waals surface area contributed by atoms with Crippen molar-refractivity contribution in [3.05, 3.63) is 0 Å². The van der Waals surface area contributed by atoms with Crippen molar-refractivity contribution in [1.29, 1.82) is 0 Å². The number of thiocarbonyl (C=S) groups is 1. The van der Waals surface area contributed by atoms with Crippen LogP contribution in [0.4, 0.5) is 0 Å². The van der Waals surface area contributed by atoms with Gasteiger partial charge in [-0.05, 0) is 0 Å². The summed E-state index contributed by atoms with van der Waals surface area (Å²) in [6, 6.07) is 0. The van der Waals surface area contributed by atoms with Crippen molar-refractivity contribution in [2.75, 3.05) is 19.3 Å². The summed E-state index contributed by atoms with van der Waals surface area (Å²) in [6.45, 7) is 0.773. The van der Waals surface area contributed by atoms with Gasteiger partial charge < -0.3 is 5.32 Å². The van der Waals surface area contributed by atoms with Crippen molar-refractivity contribution in [2.24, 2.45) is 0 Å². The molecule has 4 nitrogen and oxygen atoms in total. The van der Waals surface area contributed by atoms with Crippen molar-refractivity contribution in [1.82, 2.24) is 10.0 Å². The maximum Gasteiger partial charge on any atom is 0.208 e. The van der Waals surface area contributed by atoms with E-state index in [1.54, 1.807) is 0 Å². The average Bonchev–Trinajstić information content (AvgIpc) is 1.78. The highest BCUT2D eigenvalue weighted by Crippen LogP contribution is 1.76. The molecule has 2 N–H and O–H groups in total. The van der Waals surface area contributed by atoms with E-state index in [0.29, 0.717) is 17.4 Å². The van der Waals surface area contributed by atoms with Gasteiger partial charge in [0.15, 0.2) is 0 Å². The van der Waals surface area contributed by atoms with Crippen LogP contribution in [0.25, 0.3) is 0 Å². The Kier molecular flexibility index (Phi) is 4.98. The third kappa shape index (κ3) is 10.2. The SMILES string of the molecule is CS(=O)(=O)NCCNC(=S)S. The molecule has 0 rings (SSSR count). The summed E-state index contributed by atoms with van der Waals surface area (Å²) in [4.78, 5) is 0. The van der Waals surface area contributed by atoms with Crippen LogP contribution in [0.1, 0.15) is 0 Å². The molecule has 0 aliphatic rings. The molecule has 0 atom stereocenters. The lowest BCUT2D eigenvalue weighted by molar-refractivity contribution is 0.587. The van der Waals surface area contributed by atoms with Crippen LogP contribution >= 0.6 is 24.8 Å². The van der Waals surface area contributed by atoms with E-state index in [9.17, 15) is 8.42 Å². The van der Waals surface area contributed by atoms with Crippen LogP contribution in [0.3, 0.4) is 0 Å². The van der Waals surface area contributed by atoms with E-state index in [1.165, 1.54) is 0 Å². The van der Waals surface area contributed by atoms with Crippen molar-refractivity contribution in [2.45, 2.75) is 0 Å². The Morgan fingerprint density at radius 1 is 1.55 bits per heavy atom. The lowest BCUT2D eigenvalue weighted by Gasteiger charge is -2.02. The standard InChI is InChI=1S/C4H10N2O2S3/c1-11(7,8)6-3-2-5-4(9)10/h6H,2-3H2,1H3,(H2,5,9,10). The van der Waals surface area contributed by atoms with Crippen LogP contribution in [0, 0.1) is 0 Å².